The number of nitrogens with zero attached hydrogens (tertiary/aromatic N) is 4. The molecule has 0 bridgehead atoms. The summed E-state index contributed by atoms with van der Waals surface area (Å²) in [5, 5.41) is 7.34. The summed E-state index contributed by atoms with van der Waals surface area (Å²) in [6, 6.07) is 17.1. The topological polar surface area (TPSA) is 89.3 Å². The summed E-state index contributed by atoms with van der Waals surface area (Å²) in [7, 11) is 0. The molecule has 1 N–H and O–H groups in total. The van der Waals surface area contributed by atoms with Crippen LogP contribution < -0.4 is 10.2 Å². The zero-order chi connectivity index (χ0) is 23.4. The smallest absolute Gasteiger partial charge is 0.338 e. The van der Waals surface area contributed by atoms with Gasteiger partial charge in [0, 0.05) is 12.2 Å². The molecule has 0 radical (unpaired) electrons. The van der Waals surface area contributed by atoms with Gasteiger partial charge in [0.2, 0.25) is 11.9 Å². The minimum atomic E-state index is -0.491. The van der Waals surface area contributed by atoms with E-state index in [1.165, 1.54) is 6.33 Å². The Kier molecular flexibility index (Phi) is 6.53. The van der Waals surface area contributed by atoms with Gasteiger partial charge in [-0.3, -0.25) is 4.79 Å². The van der Waals surface area contributed by atoms with Crippen LogP contribution in [0, 0.1) is 6.92 Å². The number of amides is 1. The van der Waals surface area contributed by atoms with Crippen molar-refractivity contribution in [2.45, 2.75) is 33.4 Å². The van der Waals surface area contributed by atoms with Gasteiger partial charge in [0.25, 0.3) is 0 Å². The maximum atomic E-state index is 13.0. The van der Waals surface area contributed by atoms with Crippen LogP contribution in [0.2, 0.25) is 0 Å². The van der Waals surface area contributed by atoms with E-state index in [1.807, 2.05) is 68.4 Å². The number of anilines is 1. The molecule has 2 aromatic carbocycles. The van der Waals surface area contributed by atoms with Crippen molar-refractivity contribution < 1.29 is 14.3 Å². The second kappa shape index (κ2) is 9.68. The molecule has 0 aliphatic carbocycles. The molecule has 1 aliphatic heterocycles. The number of carbonyl (C=O) groups is 2. The second-order valence-electron chi connectivity index (χ2n) is 7.89. The molecule has 1 amide bonds. The van der Waals surface area contributed by atoms with E-state index in [0.29, 0.717) is 23.8 Å². The van der Waals surface area contributed by atoms with Crippen LogP contribution in [0.1, 0.15) is 36.6 Å². The molecular weight excluding hydrogens is 418 g/mol. The monoisotopic (exact) mass is 445 g/mol. The van der Waals surface area contributed by atoms with Gasteiger partial charge in [0.05, 0.1) is 12.2 Å². The zero-order valence-electron chi connectivity index (χ0n) is 19.0. The van der Waals surface area contributed by atoms with Gasteiger partial charge in [-0.15, -0.1) is 0 Å². The second-order valence-corrected chi connectivity index (χ2v) is 7.89. The van der Waals surface area contributed by atoms with E-state index in [4.69, 9.17) is 4.74 Å². The molecule has 1 atom stereocenters. The molecule has 3 aromatic rings. The van der Waals surface area contributed by atoms with Crippen LogP contribution in [0.15, 0.2) is 72.2 Å². The highest BCUT2D eigenvalue weighted by atomic mass is 16.5. The largest absolute Gasteiger partial charge is 0.463 e. The Labute approximate surface area is 192 Å². The summed E-state index contributed by atoms with van der Waals surface area (Å²) in [6.45, 7) is 6.27. The number of esters is 1. The number of allylic oxidation sites excluding steroid dienone is 1. The van der Waals surface area contributed by atoms with Gasteiger partial charge in [-0.25, -0.2) is 9.48 Å². The average Bonchev–Trinajstić information content (AvgIpc) is 3.30. The fourth-order valence-electron chi connectivity index (χ4n) is 3.94. The standard InChI is InChI=1S/C25H27N5O3/c1-4-33-24(32)22-18(3)29(15-21(31)26-14-19-12-10-17(2)11-13-19)25-27-16-28-30(25)23(22)20-8-6-5-7-9-20/h5-13,16,23H,4,14-15H2,1-3H3,(H,26,31)/t23-/m1/s1. The van der Waals surface area contributed by atoms with E-state index in [9.17, 15) is 9.59 Å². The molecule has 0 saturated carbocycles. The number of fused-ring (bicyclic) bond motifs is 1. The van der Waals surface area contributed by atoms with Crippen LogP contribution >= 0.6 is 0 Å². The van der Waals surface area contributed by atoms with Gasteiger partial charge >= 0.3 is 5.97 Å². The van der Waals surface area contributed by atoms with Gasteiger partial charge in [-0.05, 0) is 31.9 Å². The number of ether oxygens (including phenoxy) is 1. The molecule has 0 fully saturated rings. The van der Waals surface area contributed by atoms with Crippen molar-refractivity contribution in [3.05, 3.63) is 88.9 Å². The summed E-state index contributed by atoms with van der Waals surface area (Å²) in [5.74, 6) is -0.124. The van der Waals surface area contributed by atoms with Crippen molar-refractivity contribution in [1.29, 1.82) is 0 Å². The fraction of sp³-hybridized carbons (Fsp3) is 0.280. The lowest BCUT2D eigenvalue weighted by Gasteiger charge is -2.35. The zero-order valence-corrected chi connectivity index (χ0v) is 19.0. The fourth-order valence-corrected chi connectivity index (χ4v) is 3.94. The Balaban J connectivity index is 1.63. The first-order valence-corrected chi connectivity index (χ1v) is 10.9. The molecular formula is C25H27N5O3. The molecule has 0 unspecified atom stereocenters. The Bertz CT molecular complexity index is 1170. The molecule has 0 spiro atoms. The van der Waals surface area contributed by atoms with Gasteiger partial charge < -0.3 is 15.0 Å². The molecule has 0 saturated heterocycles. The Morgan fingerprint density at radius 2 is 1.79 bits per heavy atom. The SMILES string of the molecule is CCOC(=O)C1=C(C)N(CC(=O)NCc2ccc(C)cc2)c2ncnn2[C@@H]1c1ccccc1. The third-order valence-electron chi connectivity index (χ3n) is 5.63. The number of aromatic nitrogens is 3. The van der Waals surface area contributed by atoms with Gasteiger partial charge in [0.1, 0.15) is 18.9 Å². The van der Waals surface area contributed by atoms with Crippen LogP contribution in [0.25, 0.3) is 0 Å². The summed E-state index contributed by atoms with van der Waals surface area (Å²) in [6.07, 6.45) is 1.43. The molecule has 2 heterocycles. The van der Waals surface area contributed by atoms with Crippen molar-refractivity contribution in [2.75, 3.05) is 18.1 Å². The molecule has 33 heavy (non-hydrogen) atoms. The number of rotatable bonds is 7. The Morgan fingerprint density at radius 1 is 1.06 bits per heavy atom. The van der Waals surface area contributed by atoms with Crippen LogP contribution in [0.5, 0.6) is 0 Å². The highest BCUT2D eigenvalue weighted by Crippen LogP contribution is 2.38. The van der Waals surface area contributed by atoms with E-state index >= 15 is 0 Å². The Hall–Kier alpha value is -3.94. The molecule has 170 valence electrons. The van der Waals surface area contributed by atoms with E-state index in [1.54, 1.807) is 16.5 Å². The number of aryl methyl sites for hydroxylation is 1. The summed E-state index contributed by atoms with van der Waals surface area (Å²) in [5.41, 5.74) is 4.12. The third kappa shape index (κ3) is 4.64. The van der Waals surface area contributed by atoms with E-state index in [-0.39, 0.29) is 19.1 Å². The highest BCUT2D eigenvalue weighted by Gasteiger charge is 2.38. The number of hydrogen-bond donors (Lipinski definition) is 1. The van der Waals surface area contributed by atoms with Crippen molar-refractivity contribution >= 4 is 17.8 Å². The minimum absolute atomic E-state index is 0.000796. The van der Waals surface area contributed by atoms with Gasteiger partial charge in [0.15, 0.2) is 0 Å². The van der Waals surface area contributed by atoms with E-state index in [0.717, 1.165) is 16.7 Å². The maximum Gasteiger partial charge on any atom is 0.338 e. The lowest BCUT2D eigenvalue weighted by molar-refractivity contribution is -0.139. The number of carbonyl (C=O) groups excluding carboxylic acids is 2. The van der Waals surface area contributed by atoms with Gasteiger partial charge in [-0.1, -0.05) is 60.2 Å². The molecule has 8 nitrogen and oxygen atoms in total. The van der Waals surface area contributed by atoms with E-state index < -0.39 is 12.0 Å². The van der Waals surface area contributed by atoms with Crippen molar-refractivity contribution in [3.63, 3.8) is 0 Å². The first-order valence-electron chi connectivity index (χ1n) is 10.9. The van der Waals surface area contributed by atoms with E-state index in [2.05, 4.69) is 15.4 Å². The number of benzene rings is 2. The predicted octanol–water partition coefficient (Wildman–Crippen LogP) is 3.15. The lowest BCUT2D eigenvalue weighted by atomic mass is 9.95. The van der Waals surface area contributed by atoms with Crippen molar-refractivity contribution in [1.82, 2.24) is 20.1 Å². The number of hydrogen-bond acceptors (Lipinski definition) is 6. The molecule has 4 rings (SSSR count). The van der Waals surface area contributed by atoms with Crippen LogP contribution in [0.3, 0.4) is 0 Å². The van der Waals surface area contributed by atoms with Crippen molar-refractivity contribution in [3.8, 4) is 0 Å². The third-order valence-corrected chi connectivity index (χ3v) is 5.63. The lowest BCUT2D eigenvalue weighted by Crippen LogP contribution is -2.42. The Morgan fingerprint density at radius 3 is 2.48 bits per heavy atom. The first-order chi connectivity index (χ1) is 16.0. The minimum Gasteiger partial charge on any atom is -0.463 e. The molecule has 8 heteroatoms. The van der Waals surface area contributed by atoms with Crippen LogP contribution in [0.4, 0.5) is 5.95 Å². The average molecular weight is 446 g/mol. The number of nitrogens with one attached hydrogen (secondary N) is 1. The first kappa shape index (κ1) is 22.3. The highest BCUT2D eigenvalue weighted by molar-refractivity contribution is 5.93. The maximum absolute atomic E-state index is 13.0. The predicted molar refractivity (Wildman–Crippen MR) is 124 cm³/mol. The summed E-state index contributed by atoms with van der Waals surface area (Å²) >= 11 is 0. The summed E-state index contributed by atoms with van der Waals surface area (Å²) in [4.78, 5) is 32.0. The van der Waals surface area contributed by atoms with Crippen molar-refractivity contribution in [2.24, 2.45) is 0 Å². The van der Waals surface area contributed by atoms with Gasteiger partial charge in [-0.2, -0.15) is 10.1 Å². The van der Waals surface area contributed by atoms with Crippen LogP contribution in [-0.2, 0) is 20.9 Å². The molecule has 1 aromatic heterocycles. The summed E-state index contributed by atoms with van der Waals surface area (Å²) < 4.78 is 7.05. The van der Waals surface area contributed by atoms with Crippen LogP contribution in [-0.4, -0.2) is 39.8 Å². The molecule has 1 aliphatic rings. The quantitative estimate of drug-likeness (QED) is 0.562. The normalized spacial score (nSPS) is 15.2.